The molecular formula is C14H11N3O. The molecule has 4 heteroatoms. The van der Waals surface area contributed by atoms with Crippen LogP contribution < -0.4 is 5.32 Å². The SMILES string of the molecule is C#CC(=O)NCc1ccc(-c2ccccc2)nn1. The fourth-order valence-corrected chi connectivity index (χ4v) is 1.44. The van der Waals surface area contributed by atoms with Gasteiger partial charge in [0.1, 0.15) is 0 Å². The monoisotopic (exact) mass is 237 g/mol. The zero-order valence-electron chi connectivity index (χ0n) is 9.63. The summed E-state index contributed by atoms with van der Waals surface area (Å²) in [6.45, 7) is 0.283. The van der Waals surface area contributed by atoms with E-state index in [0.717, 1.165) is 11.3 Å². The first-order valence-corrected chi connectivity index (χ1v) is 5.42. The summed E-state index contributed by atoms with van der Waals surface area (Å²) in [6.07, 6.45) is 4.94. The van der Waals surface area contributed by atoms with Crippen molar-refractivity contribution in [3.8, 4) is 23.6 Å². The Morgan fingerprint density at radius 2 is 1.94 bits per heavy atom. The van der Waals surface area contributed by atoms with Gasteiger partial charge in [-0.25, -0.2) is 0 Å². The number of carbonyl (C=O) groups is 1. The van der Waals surface area contributed by atoms with Crippen LogP contribution in [0.25, 0.3) is 11.3 Å². The van der Waals surface area contributed by atoms with E-state index in [1.807, 2.05) is 48.4 Å². The molecule has 18 heavy (non-hydrogen) atoms. The standard InChI is InChI=1S/C14H11N3O/c1-2-14(18)15-10-12-8-9-13(17-16-12)11-6-4-3-5-7-11/h1,3-9H,10H2,(H,15,18). The van der Waals surface area contributed by atoms with E-state index < -0.39 is 5.91 Å². The van der Waals surface area contributed by atoms with E-state index in [2.05, 4.69) is 15.5 Å². The van der Waals surface area contributed by atoms with Crippen molar-refractivity contribution < 1.29 is 4.79 Å². The molecule has 0 atom stereocenters. The van der Waals surface area contributed by atoms with Gasteiger partial charge in [0.15, 0.2) is 0 Å². The molecule has 0 aliphatic carbocycles. The van der Waals surface area contributed by atoms with E-state index in [-0.39, 0.29) is 6.54 Å². The van der Waals surface area contributed by atoms with Crippen molar-refractivity contribution in [2.45, 2.75) is 6.54 Å². The number of nitrogens with zero attached hydrogens (tertiary/aromatic N) is 2. The highest BCUT2D eigenvalue weighted by Crippen LogP contribution is 2.14. The second-order valence-electron chi connectivity index (χ2n) is 3.60. The molecule has 1 aromatic heterocycles. The lowest BCUT2D eigenvalue weighted by atomic mass is 10.1. The van der Waals surface area contributed by atoms with E-state index in [1.54, 1.807) is 0 Å². The maximum atomic E-state index is 10.9. The van der Waals surface area contributed by atoms with Crippen LogP contribution in [-0.4, -0.2) is 16.1 Å². The predicted octanol–water partition coefficient (Wildman–Crippen LogP) is 1.39. The van der Waals surface area contributed by atoms with E-state index in [9.17, 15) is 4.79 Å². The Morgan fingerprint density at radius 1 is 1.17 bits per heavy atom. The molecule has 1 aromatic carbocycles. The van der Waals surface area contributed by atoms with Gasteiger partial charge in [0.25, 0.3) is 5.91 Å². The molecule has 0 radical (unpaired) electrons. The number of nitrogens with one attached hydrogen (secondary N) is 1. The van der Waals surface area contributed by atoms with Crippen molar-refractivity contribution in [3.05, 3.63) is 48.2 Å². The largest absolute Gasteiger partial charge is 0.340 e. The summed E-state index contributed by atoms with van der Waals surface area (Å²) >= 11 is 0. The number of hydrogen-bond acceptors (Lipinski definition) is 3. The van der Waals surface area contributed by atoms with E-state index in [4.69, 9.17) is 6.42 Å². The van der Waals surface area contributed by atoms with Gasteiger partial charge in [0, 0.05) is 5.56 Å². The van der Waals surface area contributed by atoms with Gasteiger partial charge in [-0.2, -0.15) is 10.2 Å². The molecular weight excluding hydrogens is 226 g/mol. The van der Waals surface area contributed by atoms with Crippen LogP contribution in [0.4, 0.5) is 0 Å². The molecule has 2 rings (SSSR count). The molecule has 1 amide bonds. The molecule has 2 aromatic rings. The third-order valence-electron chi connectivity index (χ3n) is 2.35. The fraction of sp³-hybridized carbons (Fsp3) is 0.0714. The summed E-state index contributed by atoms with van der Waals surface area (Å²) in [6, 6.07) is 13.4. The average molecular weight is 237 g/mol. The first kappa shape index (κ1) is 11.8. The molecule has 0 saturated heterocycles. The van der Waals surface area contributed by atoms with Gasteiger partial charge in [-0.3, -0.25) is 4.79 Å². The van der Waals surface area contributed by atoms with Crippen molar-refractivity contribution in [1.29, 1.82) is 0 Å². The number of carbonyl (C=O) groups excluding carboxylic acids is 1. The lowest BCUT2D eigenvalue weighted by Crippen LogP contribution is -2.21. The van der Waals surface area contributed by atoms with Gasteiger partial charge in [-0.15, -0.1) is 6.42 Å². The third kappa shape index (κ3) is 2.92. The molecule has 0 fully saturated rings. The molecule has 0 aliphatic rings. The zero-order valence-corrected chi connectivity index (χ0v) is 9.63. The number of rotatable bonds is 3. The van der Waals surface area contributed by atoms with E-state index in [1.165, 1.54) is 0 Å². The van der Waals surface area contributed by atoms with Crippen LogP contribution in [0, 0.1) is 12.3 Å². The molecule has 0 unspecified atom stereocenters. The van der Waals surface area contributed by atoms with E-state index >= 15 is 0 Å². The van der Waals surface area contributed by atoms with Gasteiger partial charge >= 0.3 is 0 Å². The molecule has 0 spiro atoms. The van der Waals surface area contributed by atoms with Crippen LogP contribution in [0.1, 0.15) is 5.69 Å². The van der Waals surface area contributed by atoms with Gasteiger partial charge in [0.2, 0.25) is 0 Å². The van der Waals surface area contributed by atoms with Crippen molar-refractivity contribution in [2.75, 3.05) is 0 Å². The minimum Gasteiger partial charge on any atom is -0.340 e. The van der Waals surface area contributed by atoms with Gasteiger partial charge in [-0.1, -0.05) is 30.3 Å². The maximum Gasteiger partial charge on any atom is 0.295 e. The lowest BCUT2D eigenvalue weighted by molar-refractivity contribution is -0.115. The van der Waals surface area contributed by atoms with Crippen LogP contribution in [0.3, 0.4) is 0 Å². The Labute approximate surface area is 105 Å². The molecule has 4 nitrogen and oxygen atoms in total. The third-order valence-corrected chi connectivity index (χ3v) is 2.35. The summed E-state index contributed by atoms with van der Waals surface area (Å²) in [5.41, 5.74) is 2.46. The van der Waals surface area contributed by atoms with Crippen molar-refractivity contribution in [3.63, 3.8) is 0 Å². The number of hydrogen-bond donors (Lipinski definition) is 1. The minimum atomic E-state index is -0.455. The van der Waals surface area contributed by atoms with Crippen LogP contribution in [-0.2, 0) is 11.3 Å². The molecule has 0 bridgehead atoms. The smallest absolute Gasteiger partial charge is 0.295 e. The molecule has 0 saturated carbocycles. The lowest BCUT2D eigenvalue weighted by Gasteiger charge is -2.02. The van der Waals surface area contributed by atoms with Crippen LogP contribution >= 0.6 is 0 Å². The number of aromatic nitrogens is 2. The minimum absolute atomic E-state index is 0.283. The topological polar surface area (TPSA) is 54.9 Å². The average Bonchev–Trinajstić information content (AvgIpc) is 2.46. The Balaban J connectivity index is 2.07. The quantitative estimate of drug-likeness (QED) is 0.821. The highest BCUT2D eigenvalue weighted by Gasteiger charge is 2.01. The molecule has 1 heterocycles. The Hall–Kier alpha value is -2.67. The Morgan fingerprint density at radius 3 is 2.56 bits per heavy atom. The highest BCUT2D eigenvalue weighted by atomic mass is 16.1. The second-order valence-corrected chi connectivity index (χ2v) is 3.60. The summed E-state index contributed by atoms with van der Waals surface area (Å²) < 4.78 is 0. The normalized spacial score (nSPS) is 9.50. The van der Waals surface area contributed by atoms with Gasteiger partial charge in [-0.05, 0) is 18.1 Å². The number of amides is 1. The highest BCUT2D eigenvalue weighted by molar-refractivity contribution is 5.92. The summed E-state index contributed by atoms with van der Waals surface area (Å²) in [7, 11) is 0. The molecule has 1 N–H and O–H groups in total. The summed E-state index contributed by atoms with van der Waals surface area (Å²) in [5.74, 6) is 1.52. The Bertz CT molecular complexity index is 570. The zero-order chi connectivity index (χ0) is 12.8. The van der Waals surface area contributed by atoms with Gasteiger partial charge in [0.05, 0.1) is 17.9 Å². The van der Waals surface area contributed by atoms with Crippen LogP contribution in [0.2, 0.25) is 0 Å². The first-order valence-electron chi connectivity index (χ1n) is 5.42. The number of benzene rings is 1. The second kappa shape index (κ2) is 5.60. The van der Waals surface area contributed by atoms with Gasteiger partial charge < -0.3 is 5.32 Å². The first-order chi connectivity index (χ1) is 8.79. The van der Waals surface area contributed by atoms with Crippen molar-refractivity contribution >= 4 is 5.91 Å². The van der Waals surface area contributed by atoms with Crippen LogP contribution in [0.15, 0.2) is 42.5 Å². The van der Waals surface area contributed by atoms with Crippen molar-refractivity contribution in [1.82, 2.24) is 15.5 Å². The maximum absolute atomic E-state index is 10.9. The molecule has 0 aliphatic heterocycles. The molecule has 88 valence electrons. The predicted molar refractivity (Wildman–Crippen MR) is 68.1 cm³/mol. The van der Waals surface area contributed by atoms with E-state index in [0.29, 0.717) is 5.69 Å². The number of terminal acetylenes is 1. The van der Waals surface area contributed by atoms with Crippen molar-refractivity contribution in [2.24, 2.45) is 0 Å². The summed E-state index contributed by atoms with van der Waals surface area (Å²) in [4.78, 5) is 10.9. The summed E-state index contributed by atoms with van der Waals surface area (Å²) in [5, 5.41) is 10.7. The Kier molecular flexibility index (Phi) is 3.67. The van der Waals surface area contributed by atoms with Crippen LogP contribution in [0.5, 0.6) is 0 Å². The fourth-order valence-electron chi connectivity index (χ4n) is 1.44.